The molecule has 7 nitrogen and oxygen atoms in total. The summed E-state index contributed by atoms with van der Waals surface area (Å²) in [6.07, 6.45) is 5.10. The van der Waals surface area contributed by atoms with Crippen molar-refractivity contribution in [1.82, 2.24) is 5.32 Å². The van der Waals surface area contributed by atoms with Gasteiger partial charge in [-0.2, -0.15) is 0 Å². The fourth-order valence-corrected chi connectivity index (χ4v) is 5.99. The van der Waals surface area contributed by atoms with Gasteiger partial charge in [0.2, 0.25) is 9.84 Å². The van der Waals surface area contributed by atoms with E-state index in [1.807, 2.05) is 6.07 Å². The predicted molar refractivity (Wildman–Crippen MR) is 150 cm³/mol. The third kappa shape index (κ3) is 8.54. The molecule has 208 valence electrons. The van der Waals surface area contributed by atoms with E-state index in [4.69, 9.17) is 21.1 Å². The number of nitrogens with one attached hydrogen (secondary N) is 1. The minimum atomic E-state index is -3.70. The van der Waals surface area contributed by atoms with Crippen LogP contribution in [0.15, 0.2) is 82.6 Å². The first-order chi connectivity index (χ1) is 18.8. The van der Waals surface area contributed by atoms with Crippen LogP contribution in [-0.2, 0) is 25.8 Å². The van der Waals surface area contributed by atoms with E-state index in [1.54, 1.807) is 54.6 Å². The molecule has 1 aliphatic carbocycles. The maximum Gasteiger partial charge on any atom is 0.344 e. The molecule has 0 radical (unpaired) electrons. The highest BCUT2D eigenvalue weighted by molar-refractivity contribution is 7.91. The molecule has 3 aromatic rings. The smallest absolute Gasteiger partial charge is 0.344 e. The van der Waals surface area contributed by atoms with Gasteiger partial charge in [-0.1, -0.05) is 42.3 Å². The number of esters is 1. The Morgan fingerprint density at radius 1 is 0.974 bits per heavy atom. The summed E-state index contributed by atoms with van der Waals surface area (Å²) in [6, 6.07) is 19.9. The molecule has 1 aliphatic rings. The molecule has 0 aliphatic heterocycles. The van der Waals surface area contributed by atoms with E-state index in [-0.39, 0.29) is 22.5 Å². The second kappa shape index (κ2) is 13.9. The number of hydrogen-bond donors (Lipinski definition) is 2. The maximum atomic E-state index is 13.1. The Balaban J connectivity index is 1.24. The molecule has 0 heterocycles. The lowest BCUT2D eigenvalue weighted by Gasteiger charge is -2.21. The number of sulfone groups is 1. The van der Waals surface area contributed by atoms with E-state index in [2.05, 4.69) is 5.32 Å². The number of carbonyl (C=O) groups is 1. The molecule has 39 heavy (non-hydrogen) atoms. The molecule has 0 unspecified atom stereocenters. The van der Waals surface area contributed by atoms with Crippen molar-refractivity contribution in [3.05, 3.63) is 88.9 Å². The number of aliphatic hydroxyl groups excluding tert-OH is 1. The summed E-state index contributed by atoms with van der Waals surface area (Å²) in [5, 5.41) is 14.1. The lowest BCUT2D eigenvalue weighted by molar-refractivity contribution is -0.152. The lowest BCUT2D eigenvalue weighted by atomic mass is 9.98. The summed E-state index contributed by atoms with van der Waals surface area (Å²) in [4.78, 5) is 12.4. The predicted octanol–water partition coefficient (Wildman–Crippen LogP) is 5.29. The van der Waals surface area contributed by atoms with E-state index in [1.165, 1.54) is 18.6 Å². The van der Waals surface area contributed by atoms with Crippen LogP contribution in [0.4, 0.5) is 0 Å². The Morgan fingerprint density at radius 3 is 2.31 bits per heavy atom. The quantitative estimate of drug-likeness (QED) is 0.225. The van der Waals surface area contributed by atoms with Crippen LogP contribution in [0.3, 0.4) is 0 Å². The third-order valence-corrected chi connectivity index (χ3v) is 8.76. The van der Waals surface area contributed by atoms with Crippen molar-refractivity contribution in [2.45, 2.75) is 60.5 Å². The van der Waals surface area contributed by atoms with Crippen molar-refractivity contribution in [2.75, 3.05) is 19.7 Å². The molecular weight excluding hydrogens is 538 g/mol. The summed E-state index contributed by atoms with van der Waals surface area (Å²) in [5.41, 5.74) is 1.73. The summed E-state index contributed by atoms with van der Waals surface area (Å²) < 4.78 is 37.1. The average molecular weight is 572 g/mol. The summed E-state index contributed by atoms with van der Waals surface area (Å²) in [7, 11) is -3.70. The van der Waals surface area contributed by atoms with Gasteiger partial charge in [0, 0.05) is 11.6 Å². The van der Waals surface area contributed by atoms with Crippen LogP contribution in [0.2, 0.25) is 5.02 Å². The van der Waals surface area contributed by atoms with E-state index in [0.717, 1.165) is 36.8 Å². The molecular formula is C30H34ClNO6S. The number of carbonyl (C=O) groups excluding carboxylic acids is 1. The fraction of sp³-hybridized carbons (Fsp3) is 0.367. The van der Waals surface area contributed by atoms with Crippen LogP contribution in [0.25, 0.3) is 0 Å². The van der Waals surface area contributed by atoms with Gasteiger partial charge in [0.05, 0.1) is 15.9 Å². The third-order valence-electron chi connectivity index (χ3n) is 6.74. The lowest BCUT2D eigenvalue weighted by Crippen LogP contribution is -2.24. The Morgan fingerprint density at radius 2 is 1.64 bits per heavy atom. The first kappa shape index (κ1) is 29.1. The van der Waals surface area contributed by atoms with Gasteiger partial charge in [-0.05, 0) is 98.3 Å². The van der Waals surface area contributed by atoms with Crippen LogP contribution in [0.5, 0.6) is 5.75 Å². The number of halogens is 1. The van der Waals surface area contributed by atoms with E-state index in [9.17, 15) is 18.3 Å². The monoisotopic (exact) mass is 571 g/mol. The van der Waals surface area contributed by atoms with Crippen LogP contribution in [0, 0.1) is 0 Å². The van der Waals surface area contributed by atoms with E-state index >= 15 is 0 Å². The summed E-state index contributed by atoms with van der Waals surface area (Å²) in [5.74, 6) is -0.0101. The number of hydrogen-bond acceptors (Lipinski definition) is 7. The van der Waals surface area contributed by atoms with Gasteiger partial charge in [0.1, 0.15) is 11.9 Å². The molecule has 2 N–H and O–H groups in total. The maximum absolute atomic E-state index is 13.1. The van der Waals surface area contributed by atoms with Gasteiger partial charge in [0.15, 0.2) is 6.61 Å². The van der Waals surface area contributed by atoms with E-state index < -0.39 is 21.9 Å². The zero-order chi connectivity index (χ0) is 27.7. The molecule has 3 aromatic carbocycles. The van der Waals surface area contributed by atoms with Gasteiger partial charge < -0.3 is 19.9 Å². The molecule has 0 bridgehead atoms. The molecule has 1 atom stereocenters. The van der Waals surface area contributed by atoms with Crippen LogP contribution < -0.4 is 10.1 Å². The highest BCUT2D eigenvalue weighted by Gasteiger charge is 2.19. The molecule has 0 aromatic heterocycles. The molecule has 0 amide bonds. The van der Waals surface area contributed by atoms with Crippen molar-refractivity contribution in [2.24, 2.45) is 0 Å². The highest BCUT2D eigenvalue weighted by Crippen LogP contribution is 2.24. The summed E-state index contributed by atoms with van der Waals surface area (Å²) in [6.45, 7) is 0.798. The van der Waals surface area contributed by atoms with Crippen LogP contribution >= 0.6 is 11.6 Å². The number of benzene rings is 3. The van der Waals surface area contributed by atoms with Crippen LogP contribution in [-0.4, -0.2) is 45.3 Å². The Kier molecular flexibility index (Phi) is 10.4. The molecule has 0 spiro atoms. The molecule has 0 saturated heterocycles. The van der Waals surface area contributed by atoms with Crippen LogP contribution in [0.1, 0.15) is 49.3 Å². The second-order valence-corrected chi connectivity index (χ2v) is 12.1. The van der Waals surface area contributed by atoms with Crippen molar-refractivity contribution in [1.29, 1.82) is 0 Å². The largest absolute Gasteiger partial charge is 0.482 e. The molecule has 1 saturated carbocycles. The molecule has 1 fully saturated rings. The van der Waals surface area contributed by atoms with Gasteiger partial charge in [-0.25, -0.2) is 13.2 Å². The SMILES string of the molecule is O=C(COc1ccc(S(=O)(=O)c2ccc(CCNC[C@H](O)c3cccc(Cl)c3)cc2)cc1)OC1CCCCC1. The molecule has 9 heteroatoms. The summed E-state index contributed by atoms with van der Waals surface area (Å²) >= 11 is 5.98. The number of ether oxygens (including phenoxy) is 2. The fourth-order valence-electron chi connectivity index (χ4n) is 4.53. The first-order valence-electron chi connectivity index (χ1n) is 13.2. The normalized spacial score (nSPS) is 15.0. The Bertz CT molecular complexity index is 1320. The van der Waals surface area contributed by atoms with Crippen molar-refractivity contribution >= 4 is 27.4 Å². The van der Waals surface area contributed by atoms with Gasteiger partial charge >= 0.3 is 5.97 Å². The first-order valence-corrected chi connectivity index (χ1v) is 15.1. The van der Waals surface area contributed by atoms with Crippen molar-refractivity contribution in [3.63, 3.8) is 0 Å². The van der Waals surface area contributed by atoms with Gasteiger partial charge in [0.25, 0.3) is 0 Å². The topological polar surface area (TPSA) is 102 Å². The van der Waals surface area contributed by atoms with Gasteiger partial charge in [-0.3, -0.25) is 0 Å². The molecule has 4 rings (SSSR count). The average Bonchev–Trinajstić information content (AvgIpc) is 2.95. The second-order valence-electron chi connectivity index (χ2n) is 9.68. The highest BCUT2D eigenvalue weighted by atomic mass is 35.5. The Labute approximate surface area is 235 Å². The number of rotatable bonds is 12. The minimum Gasteiger partial charge on any atom is -0.482 e. The minimum absolute atomic E-state index is 0.0300. The van der Waals surface area contributed by atoms with E-state index in [0.29, 0.717) is 30.3 Å². The van der Waals surface area contributed by atoms with Crippen molar-refractivity contribution in [3.8, 4) is 5.75 Å². The number of aliphatic hydroxyl groups is 1. The Hall–Kier alpha value is -2.91. The zero-order valence-electron chi connectivity index (χ0n) is 21.7. The zero-order valence-corrected chi connectivity index (χ0v) is 23.3. The standard InChI is InChI=1S/C30H34ClNO6S/c31-24-6-4-5-23(19-24)29(33)20-32-18-17-22-9-13-27(14-10-22)39(35,36)28-15-11-25(12-16-28)37-21-30(34)38-26-7-2-1-3-8-26/h4-6,9-16,19,26,29,32-33H,1-3,7-8,17-18,20-21H2/t29-/m0/s1. The van der Waals surface area contributed by atoms with Crippen molar-refractivity contribution < 1.29 is 27.8 Å². The van der Waals surface area contributed by atoms with Gasteiger partial charge in [-0.15, -0.1) is 0 Å².